The quantitative estimate of drug-likeness (QED) is 0.500. The van der Waals surface area contributed by atoms with E-state index in [-0.39, 0.29) is 12.4 Å². The second-order valence-electron chi connectivity index (χ2n) is 1.67. The molecule has 0 amide bonds. The van der Waals surface area contributed by atoms with Gasteiger partial charge in [0, 0.05) is 6.20 Å². The van der Waals surface area contributed by atoms with E-state index in [0.717, 1.165) is 5.69 Å². The first-order valence-electron chi connectivity index (χ1n) is 2.91. The van der Waals surface area contributed by atoms with Gasteiger partial charge < -0.3 is 4.84 Å². The van der Waals surface area contributed by atoms with Crippen molar-refractivity contribution in [3.8, 4) is 0 Å². The molecule has 0 fully saturated rings. The Kier molecular flexibility index (Phi) is 5.11. The molecule has 60 valence electrons. The van der Waals surface area contributed by atoms with Gasteiger partial charge in [-0.2, -0.15) is 0 Å². The van der Waals surface area contributed by atoms with Crippen LogP contribution in [0.3, 0.4) is 0 Å². The Morgan fingerprint density at radius 3 is 2.91 bits per heavy atom. The van der Waals surface area contributed by atoms with Gasteiger partial charge in [-0.05, 0) is 12.1 Å². The molecule has 0 saturated heterocycles. The molecule has 3 nitrogen and oxygen atoms in total. The summed E-state index contributed by atoms with van der Waals surface area (Å²) in [7, 11) is 1.50. The molecule has 0 N–H and O–H groups in total. The molecule has 0 radical (unpaired) electrons. The maximum absolute atomic E-state index is 4.48. The molecule has 0 aliphatic heterocycles. The summed E-state index contributed by atoms with van der Waals surface area (Å²) in [4.78, 5) is 8.46. The molecular weight excluding hydrogens is 164 g/mol. The van der Waals surface area contributed by atoms with E-state index in [1.165, 1.54) is 7.11 Å². The van der Waals surface area contributed by atoms with Crippen LogP contribution in [0, 0.1) is 0 Å². The lowest BCUT2D eigenvalue weighted by molar-refractivity contribution is 0.215. The lowest BCUT2D eigenvalue weighted by atomic mass is 10.4. The maximum atomic E-state index is 4.48. The van der Waals surface area contributed by atoms with Gasteiger partial charge in [-0.15, -0.1) is 12.4 Å². The number of hydrogen-bond donors (Lipinski definition) is 0. The first kappa shape index (κ1) is 9.91. The molecule has 0 aliphatic carbocycles. The molecule has 0 aliphatic rings. The van der Waals surface area contributed by atoms with Crippen molar-refractivity contribution in [1.29, 1.82) is 0 Å². The minimum Gasteiger partial charge on any atom is -0.399 e. The largest absolute Gasteiger partial charge is 0.399 e. The maximum Gasteiger partial charge on any atom is 0.106 e. The summed E-state index contributed by atoms with van der Waals surface area (Å²) >= 11 is 0. The van der Waals surface area contributed by atoms with Crippen molar-refractivity contribution in [2.45, 2.75) is 0 Å². The van der Waals surface area contributed by atoms with Crippen molar-refractivity contribution in [3.63, 3.8) is 0 Å². The van der Waals surface area contributed by atoms with Crippen LogP contribution in [0.1, 0.15) is 5.69 Å². The van der Waals surface area contributed by atoms with E-state index >= 15 is 0 Å². The van der Waals surface area contributed by atoms with Gasteiger partial charge in [-0.3, -0.25) is 4.98 Å². The minimum absolute atomic E-state index is 0. The van der Waals surface area contributed by atoms with Crippen LogP contribution < -0.4 is 0 Å². The summed E-state index contributed by atoms with van der Waals surface area (Å²) in [5.74, 6) is 0. The molecule has 4 heteroatoms. The number of halogens is 1. The topological polar surface area (TPSA) is 34.5 Å². The third-order valence-electron chi connectivity index (χ3n) is 0.978. The summed E-state index contributed by atoms with van der Waals surface area (Å²) < 4.78 is 0. The molecule has 1 aromatic heterocycles. The van der Waals surface area contributed by atoms with Gasteiger partial charge >= 0.3 is 0 Å². The van der Waals surface area contributed by atoms with Crippen LogP contribution in [-0.2, 0) is 4.84 Å². The summed E-state index contributed by atoms with van der Waals surface area (Å²) in [6, 6.07) is 5.59. The first-order valence-corrected chi connectivity index (χ1v) is 2.91. The van der Waals surface area contributed by atoms with Gasteiger partial charge in [0.1, 0.15) is 7.11 Å². The Hall–Kier alpha value is -1.09. The van der Waals surface area contributed by atoms with Gasteiger partial charge in [0.2, 0.25) is 0 Å². The van der Waals surface area contributed by atoms with Crippen LogP contribution in [0.2, 0.25) is 0 Å². The summed E-state index contributed by atoms with van der Waals surface area (Å²) in [6.45, 7) is 0. The zero-order valence-corrected chi connectivity index (χ0v) is 6.91. The van der Waals surface area contributed by atoms with Gasteiger partial charge in [-0.1, -0.05) is 11.2 Å². The Balaban J connectivity index is 0.000001000. The number of oxime groups is 1. The van der Waals surface area contributed by atoms with Crippen molar-refractivity contribution in [1.82, 2.24) is 4.98 Å². The normalized spacial score (nSPS) is 9.18. The lowest BCUT2D eigenvalue weighted by Crippen LogP contribution is -1.84. The first-order chi connectivity index (χ1) is 4.93. The summed E-state index contributed by atoms with van der Waals surface area (Å²) in [6.07, 6.45) is 3.26. The molecular formula is C7H9ClN2O. The Labute approximate surface area is 71.5 Å². The standard InChI is InChI=1S/C7H8N2O.ClH/c1-10-9-6-7-4-2-3-5-8-7;/h2-6H,1H3;1H/b9-6+;. The fourth-order valence-corrected chi connectivity index (χ4v) is 0.559. The third kappa shape index (κ3) is 3.57. The van der Waals surface area contributed by atoms with Crippen molar-refractivity contribution in [2.24, 2.45) is 5.16 Å². The van der Waals surface area contributed by atoms with E-state index in [4.69, 9.17) is 0 Å². The van der Waals surface area contributed by atoms with Crippen molar-refractivity contribution in [2.75, 3.05) is 7.11 Å². The second kappa shape index (κ2) is 5.68. The fraction of sp³-hybridized carbons (Fsp3) is 0.143. The number of nitrogens with zero attached hydrogens (tertiary/aromatic N) is 2. The zero-order valence-electron chi connectivity index (χ0n) is 6.10. The smallest absolute Gasteiger partial charge is 0.106 e. The zero-order chi connectivity index (χ0) is 7.23. The van der Waals surface area contributed by atoms with Crippen molar-refractivity contribution < 1.29 is 4.84 Å². The molecule has 1 rings (SSSR count). The monoisotopic (exact) mass is 172 g/mol. The van der Waals surface area contributed by atoms with Gasteiger partial charge in [0.25, 0.3) is 0 Å². The van der Waals surface area contributed by atoms with E-state index in [1.54, 1.807) is 12.4 Å². The van der Waals surface area contributed by atoms with Crippen LogP contribution >= 0.6 is 12.4 Å². The highest BCUT2D eigenvalue weighted by atomic mass is 35.5. The molecule has 1 aromatic rings. The highest BCUT2D eigenvalue weighted by Gasteiger charge is 1.82. The van der Waals surface area contributed by atoms with Crippen LogP contribution in [-0.4, -0.2) is 18.3 Å². The molecule has 1 heterocycles. The predicted octanol–water partition coefficient (Wildman–Crippen LogP) is 1.48. The van der Waals surface area contributed by atoms with Crippen LogP contribution in [0.25, 0.3) is 0 Å². The fourth-order valence-electron chi connectivity index (χ4n) is 0.559. The number of aromatic nitrogens is 1. The van der Waals surface area contributed by atoms with E-state index < -0.39 is 0 Å². The van der Waals surface area contributed by atoms with E-state index in [1.807, 2.05) is 18.2 Å². The number of pyridine rings is 1. The molecule has 0 atom stereocenters. The summed E-state index contributed by atoms with van der Waals surface area (Å²) in [5.41, 5.74) is 0.796. The molecule has 0 unspecified atom stereocenters. The van der Waals surface area contributed by atoms with Gasteiger partial charge in [-0.25, -0.2) is 0 Å². The van der Waals surface area contributed by atoms with E-state index in [2.05, 4.69) is 15.0 Å². The van der Waals surface area contributed by atoms with Crippen LogP contribution in [0.4, 0.5) is 0 Å². The van der Waals surface area contributed by atoms with Crippen LogP contribution in [0.15, 0.2) is 29.6 Å². The number of hydrogen-bond acceptors (Lipinski definition) is 3. The molecule has 0 spiro atoms. The number of rotatable bonds is 2. The Morgan fingerprint density at radius 1 is 1.55 bits per heavy atom. The van der Waals surface area contributed by atoms with Crippen LogP contribution in [0.5, 0.6) is 0 Å². The molecule has 0 saturated carbocycles. The minimum atomic E-state index is 0. The summed E-state index contributed by atoms with van der Waals surface area (Å²) in [5, 5.41) is 3.55. The van der Waals surface area contributed by atoms with Gasteiger partial charge in [0.05, 0.1) is 11.9 Å². The second-order valence-corrected chi connectivity index (χ2v) is 1.67. The van der Waals surface area contributed by atoms with Crippen molar-refractivity contribution in [3.05, 3.63) is 30.1 Å². The average molecular weight is 173 g/mol. The third-order valence-corrected chi connectivity index (χ3v) is 0.978. The molecule has 11 heavy (non-hydrogen) atoms. The Bertz CT molecular complexity index is 213. The van der Waals surface area contributed by atoms with Gasteiger partial charge in [0.15, 0.2) is 0 Å². The molecule has 0 aromatic carbocycles. The molecule has 0 bridgehead atoms. The van der Waals surface area contributed by atoms with E-state index in [0.29, 0.717) is 0 Å². The Morgan fingerprint density at radius 2 is 2.36 bits per heavy atom. The van der Waals surface area contributed by atoms with Crippen molar-refractivity contribution >= 4 is 18.6 Å². The van der Waals surface area contributed by atoms with E-state index in [9.17, 15) is 0 Å². The average Bonchev–Trinajstić information content (AvgIpc) is 2.03. The highest BCUT2D eigenvalue weighted by molar-refractivity contribution is 5.85. The lowest BCUT2D eigenvalue weighted by Gasteiger charge is -1.87. The highest BCUT2D eigenvalue weighted by Crippen LogP contribution is 1.87. The SMILES string of the molecule is CO/N=C/c1ccccn1.Cl. The predicted molar refractivity (Wildman–Crippen MR) is 46.1 cm³/mol.